The number of likely N-dealkylation sites (tertiary alicyclic amines) is 1. The van der Waals surface area contributed by atoms with E-state index < -0.39 is 0 Å². The van der Waals surface area contributed by atoms with Crippen LogP contribution in [0.15, 0.2) is 12.1 Å². The third kappa shape index (κ3) is 4.65. The molecule has 0 aliphatic carbocycles. The van der Waals surface area contributed by atoms with Crippen molar-refractivity contribution in [1.82, 2.24) is 4.90 Å². The molecule has 6 nitrogen and oxygen atoms in total. The van der Waals surface area contributed by atoms with Crippen LogP contribution in [0, 0.1) is 0 Å². The highest BCUT2D eigenvalue weighted by atomic mass is 35.5. The Bertz CT molecular complexity index is 506. The molecule has 1 heterocycles. The van der Waals surface area contributed by atoms with Crippen molar-refractivity contribution in [1.29, 1.82) is 0 Å². The average Bonchev–Trinajstić information content (AvgIpc) is 2.54. The number of amides is 1. The molecule has 0 aromatic heterocycles. The number of nitrogens with two attached hydrogens (primary N) is 1. The predicted octanol–water partition coefficient (Wildman–Crippen LogP) is 1.63. The van der Waals surface area contributed by atoms with Crippen molar-refractivity contribution in [3.8, 4) is 17.2 Å². The fourth-order valence-electron chi connectivity index (χ4n) is 2.67. The van der Waals surface area contributed by atoms with E-state index in [1.807, 2.05) is 17.0 Å². The van der Waals surface area contributed by atoms with Gasteiger partial charge in [-0.25, -0.2) is 0 Å². The van der Waals surface area contributed by atoms with Gasteiger partial charge in [-0.15, -0.1) is 12.4 Å². The molecule has 2 rings (SSSR count). The highest BCUT2D eigenvalue weighted by Gasteiger charge is 2.22. The fraction of sp³-hybridized carbons (Fsp3) is 0.562. The van der Waals surface area contributed by atoms with Crippen LogP contribution in [-0.4, -0.2) is 51.3 Å². The van der Waals surface area contributed by atoms with E-state index in [1.165, 1.54) is 0 Å². The lowest BCUT2D eigenvalue weighted by molar-refractivity contribution is -0.131. The normalized spacial score (nSPS) is 14.9. The molecule has 0 radical (unpaired) electrons. The van der Waals surface area contributed by atoms with Crippen LogP contribution in [0.25, 0.3) is 0 Å². The number of piperidine rings is 1. The Kier molecular flexibility index (Phi) is 7.45. The molecule has 23 heavy (non-hydrogen) atoms. The summed E-state index contributed by atoms with van der Waals surface area (Å²) in [4.78, 5) is 14.3. The van der Waals surface area contributed by atoms with Crippen molar-refractivity contribution in [2.45, 2.75) is 25.3 Å². The topological polar surface area (TPSA) is 74.0 Å². The van der Waals surface area contributed by atoms with Gasteiger partial charge >= 0.3 is 0 Å². The zero-order chi connectivity index (χ0) is 16.1. The summed E-state index contributed by atoms with van der Waals surface area (Å²) in [6, 6.07) is 3.84. The van der Waals surface area contributed by atoms with Gasteiger partial charge in [0.05, 0.1) is 27.8 Å². The van der Waals surface area contributed by atoms with Crippen LogP contribution in [0.5, 0.6) is 17.2 Å². The zero-order valence-electron chi connectivity index (χ0n) is 13.8. The molecule has 0 unspecified atom stereocenters. The second-order valence-electron chi connectivity index (χ2n) is 5.43. The molecule has 130 valence electrons. The van der Waals surface area contributed by atoms with E-state index in [0.717, 1.165) is 31.5 Å². The number of carbonyl (C=O) groups excluding carboxylic acids is 1. The quantitative estimate of drug-likeness (QED) is 0.878. The lowest BCUT2D eigenvalue weighted by Gasteiger charge is -2.30. The number of nitrogens with zero attached hydrogens (tertiary/aromatic N) is 1. The Labute approximate surface area is 143 Å². The number of ether oxygens (including phenoxy) is 3. The van der Waals surface area contributed by atoms with E-state index in [1.54, 1.807) is 21.3 Å². The molecule has 1 aromatic rings. The number of halogens is 1. The summed E-state index contributed by atoms with van der Waals surface area (Å²) < 4.78 is 15.9. The Hall–Kier alpha value is -1.66. The van der Waals surface area contributed by atoms with E-state index in [-0.39, 0.29) is 24.4 Å². The van der Waals surface area contributed by atoms with Gasteiger partial charge in [0.25, 0.3) is 0 Å². The molecule has 1 aromatic carbocycles. The maximum Gasteiger partial charge on any atom is 0.226 e. The number of hydrogen-bond acceptors (Lipinski definition) is 5. The molecule has 1 amide bonds. The summed E-state index contributed by atoms with van der Waals surface area (Å²) >= 11 is 0. The van der Waals surface area contributed by atoms with Crippen molar-refractivity contribution in [3.63, 3.8) is 0 Å². The van der Waals surface area contributed by atoms with E-state index >= 15 is 0 Å². The summed E-state index contributed by atoms with van der Waals surface area (Å²) in [5.41, 5.74) is 6.71. The van der Waals surface area contributed by atoms with Crippen molar-refractivity contribution < 1.29 is 19.0 Å². The Morgan fingerprint density at radius 1 is 1.13 bits per heavy atom. The van der Waals surface area contributed by atoms with Crippen LogP contribution in [-0.2, 0) is 11.2 Å². The Balaban J connectivity index is 0.00000264. The Morgan fingerprint density at radius 2 is 1.65 bits per heavy atom. The number of rotatable bonds is 5. The minimum absolute atomic E-state index is 0. The van der Waals surface area contributed by atoms with Crippen LogP contribution in [0.1, 0.15) is 18.4 Å². The number of benzene rings is 1. The van der Waals surface area contributed by atoms with Crippen LogP contribution in [0.2, 0.25) is 0 Å². The van der Waals surface area contributed by atoms with E-state index in [9.17, 15) is 4.79 Å². The summed E-state index contributed by atoms with van der Waals surface area (Å²) in [6.07, 6.45) is 2.04. The van der Waals surface area contributed by atoms with Crippen LogP contribution in [0.4, 0.5) is 0 Å². The number of carbonyl (C=O) groups is 1. The van der Waals surface area contributed by atoms with Gasteiger partial charge in [0.2, 0.25) is 11.7 Å². The molecule has 1 saturated heterocycles. The zero-order valence-corrected chi connectivity index (χ0v) is 14.6. The van der Waals surface area contributed by atoms with Gasteiger partial charge < -0.3 is 24.8 Å². The van der Waals surface area contributed by atoms with Crippen LogP contribution >= 0.6 is 12.4 Å². The maximum absolute atomic E-state index is 12.4. The molecular weight excluding hydrogens is 320 g/mol. The third-order valence-electron chi connectivity index (χ3n) is 3.97. The third-order valence-corrected chi connectivity index (χ3v) is 3.97. The molecule has 0 saturated carbocycles. The highest BCUT2D eigenvalue weighted by Crippen LogP contribution is 2.38. The molecule has 0 bridgehead atoms. The van der Waals surface area contributed by atoms with Gasteiger partial charge in [-0.05, 0) is 30.5 Å². The van der Waals surface area contributed by atoms with Gasteiger partial charge in [-0.3, -0.25) is 4.79 Å². The summed E-state index contributed by atoms with van der Waals surface area (Å²) in [7, 11) is 4.69. The molecule has 1 aliphatic rings. The minimum Gasteiger partial charge on any atom is -0.493 e. The van der Waals surface area contributed by atoms with Gasteiger partial charge in [0.1, 0.15) is 0 Å². The molecule has 1 fully saturated rings. The first-order chi connectivity index (χ1) is 10.6. The predicted molar refractivity (Wildman–Crippen MR) is 90.8 cm³/mol. The molecule has 0 spiro atoms. The van der Waals surface area contributed by atoms with E-state index in [4.69, 9.17) is 19.9 Å². The summed E-state index contributed by atoms with van der Waals surface area (Å²) in [6.45, 7) is 1.45. The highest BCUT2D eigenvalue weighted by molar-refractivity contribution is 5.85. The van der Waals surface area contributed by atoms with Crippen molar-refractivity contribution in [3.05, 3.63) is 17.7 Å². The maximum atomic E-state index is 12.4. The second-order valence-corrected chi connectivity index (χ2v) is 5.43. The lowest BCUT2D eigenvalue weighted by atomic mass is 10.0. The van der Waals surface area contributed by atoms with Gasteiger partial charge in [-0.2, -0.15) is 0 Å². The second kappa shape index (κ2) is 8.84. The first kappa shape index (κ1) is 19.4. The molecule has 0 atom stereocenters. The summed E-state index contributed by atoms with van der Waals surface area (Å²) in [5.74, 6) is 1.75. The fourth-order valence-corrected chi connectivity index (χ4v) is 2.67. The van der Waals surface area contributed by atoms with Crippen molar-refractivity contribution in [2.24, 2.45) is 5.73 Å². The smallest absolute Gasteiger partial charge is 0.226 e. The van der Waals surface area contributed by atoms with Gasteiger partial charge in [0, 0.05) is 19.1 Å². The van der Waals surface area contributed by atoms with Crippen molar-refractivity contribution >= 4 is 18.3 Å². The monoisotopic (exact) mass is 344 g/mol. The number of methoxy groups -OCH3 is 3. The molecule has 7 heteroatoms. The Morgan fingerprint density at radius 3 is 2.09 bits per heavy atom. The first-order valence-electron chi connectivity index (χ1n) is 7.41. The van der Waals surface area contributed by atoms with Gasteiger partial charge in [0.15, 0.2) is 11.5 Å². The molecule has 2 N–H and O–H groups in total. The average molecular weight is 345 g/mol. The largest absolute Gasteiger partial charge is 0.493 e. The lowest BCUT2D eigenvalue weighted by Crippen LogP contribution is -2.43. The molecular formula is C16H25ClN2O4. The van der Waals surface area contributed by atoms with Gasteiger partial charge in [-0.1, -0.05) is 0 Å². The van der Waals surface area contributed by atoms with Crippen molar-refractivity contribution in [2.75, 3.05) is 34.4 Å². The minimum atomic E-state index is 0. The molecule has 1 aliphatic heterocycles. The summed E-state index contributed by atoms with van der Waals surface area (Å²) in [5, 5.41) is 0. The van der Waals surface area contributed by atoms with Crippen LogP contribution < -0.4 is 19.9 Å². The SMILES string of the molecule is COc1cc(CC(=O)N2CCC(N)CC2)cc(OC)c1OC.Cl. The van der Waals surface area contributed by atoms with E-state index in [2.05, 4.69) is 0 Å². The van der Waals surface area contributed by atoms with Crippen LogP contribution in [0.3, 0.4) is 0 Å². The number of hydrogen-bond donors (Lipinski definition) is 1. The first-order valence-corrected chi connectivity index (χ1v) is 7.41. The standard InChI is InChI=1S/C16H24N2O4.ClH/c1-20-13-8-11(9-14(21-2)16(13)22-3)10-15(19)18-6-4-12(17)5-7-18;/h8-9,12H,4-7,10,17H2,1-3H3;1H. The van der Waals surface area contributed by atoms with E-state index in [0.29, 0.717) is 23.7 Å².